The zero-order valence-electron chi connectivity index (χ0n) is 6.14. The van der Waals surface area contributed by atoms with Gasteiger partial charge in [0, 0.05) is 6.20 Å². The van der Waals surface area contributed by atoms with Gasteiger partial charge >= 0.3 is 58.4 Å². The second-order valence-electron chi connectivity index (χ2n) is 2.06. The van der Waals surface area contributed by atoms with Crippen molar-refractivity contribution in [2.75, 3.05) is 13.2 Å². The summed E-state index contributed by atoms with van der Waals surface area (Å²) in [6.07, 6.45) is 1.66. The third-order valence-corrected chi connectivity index (χ3v) is 1.05. The zero-order valence-corrected chi connectivity index (χ0v) is 9.26. The van der Waals surface area contributed by atoms with E-state index in [9.17, 15) is 12.9 Å². The number of nitrogens with zero attached hydrogens (tertiary/aromatic N) is 1. The molecule has 0 unspecified atom stereocenters. The first-order valence-electron chi connectivity index (χ1n) is 2.81. The Hall–Kier alpha value is 0.831. The van der Waals surface area contributed by atoms with Gasteiger partial charge in [-0.2, -0.15) is 0 Å². The van der Waals surface area contributed by atoms with E-state index in [4.69, 9.17) is 0 Å². The summed E-state index contributed by atoms with van der Waals surface area (Å²) >= 11 is 0. The number of hydrogen-bond donors (Lipinski definition) is 0. The van der Waals surface area contributed by atoms with Crippen LogP contribution in [0.5, 0.6) is 0 Å². The predicted octanol–water partition coefficient (Wildman–Crippen LogP) is -1.86. The smallest absolute Gasteiger partial charge is 0.479 e. The predicted molar refractivity (Wildman–Crippen MR) is 30.9 cm³/mol. The molecule has 1 rings (SSSR count). The van der Waals surface area contributed by atoms with Crippen molar-refractivity contribution in [2.24, 2.45) is 0 Å². The van der Waals surface area contributed by atoms with Crippen molar-refractivity contribution in [1.82, 2.24) is 4.90 Å². The Kier molecular flexibility index (Phi) is 5.12. The van der Waals surface area contributed by atoms with Gasteiger partial charge in [0.05, 0.1) is 0 Å². The SMILES string of the molecule is F[B-](F)(F)CN1C=COC1.[K+]. The van der Waals surface area contributed by atoms with Gasteiger partial charge in [0.15, 0.2) is 6.73 Å². The molecule has 0 aromatic heterocycles. The molecular formula is C4H6BF3KNO. The van der Waals surface area contributed by atoms with Gasteiger partial charge in [0.25, 0.3) is 0 Å². The molecule has 0 saturated carbocycles. The molecule has 0 bridgehead atoms. The van der Waals surface area contributed by atoms with E-state index in [2.05, 4.69) is 4.74 Å². The van der Waals surface area contributed by atoms with Crippen LogP contribution in [-0.4, -0.2) is 25.1 Å². The normalized spacial score (nSPS) is 16.1. The van der Waals surface area contributed by atoms with Crippen LogP contribution < -0.4 is 51.4 Å². The van der Waals surface area contributed by atoms with Crippen LogP contribution in [0, 0.1) is 0 Å². The average Bonchev–Trinajstić information content (AvgIpc) is 2.12. The van der Waals surface area contributed by atoms with E-state index in [0.29, 0.717) is 0 Å². The number of ether oxygens (including phenoxy) is 1. The summed E-state index contributed by atoms with van der Waals surface area (Å²) in [5, 5.41) is 0. The molecule has 0 atom stereocenters. The number of halogens is 3. The van der Waals surface area contributed by atoms with Crippen LogP contribution in [0.4, 0.5) is 12.9 Å². The van der Waals surface area contributed by atoms with Crippen LogP contribution >= 0.6 is 0 Å². The summed E-state index contributed by atoms with van der Waals surface area (Å²) in [5.41, 5.74) is 0. The Bertz CT molecular complexity index is 151. The van der Waals surface area contributed by atoms with Crippen LogP contribution in [0.1, 0.15) is 0 Å². The van der Waals surface area contributed by atoms with Gasteiger partial charge in [-0.1, -0.05) is 0 Å². The minimum Gasteiger partial charge on any atom is -0.479 e. The number of rotatable bonds is 2. The molecule has 0 aliphatic carbocycles. The molecule has 0 N–H and O–H groups in total. The van der Waals surface area contributed by atoms with Gasteiger partial charge < -0.3 is 22.6 Å². The van der Waals surface area contributed by atoms with Crippen LogP contribution in [-0.2, 0) is 4.74 Å². The molecule has 0 radical (unpaired) electrons. The molecule has 7 heteroatoms. The quantitative estimate of drug-likeness (QED) is 0.474. The van der Waals surface area contributed by atoms with Crippen molar-refractivity contribution in [3.63, 3.8) is 0 Å². The molecular weight excluding hydrogens is 185 g/mol. The molecule has 0 spiro atoms. The fourth-order valence-corrected chi connectivity index (χ4v) is 0.690. The first-order valence-corrected chi connectivity index (χ1v) is 2.81. The van der Waals surface area contributed by atoms with E-state index in [0.717, 1.165) is 4.90 Å². The Morgan fingerprint density at radius 2 is 2.09 bits per heavy atom. The maximum atomic E-state index is 11.6. The molecule has 0 saturated heterocycles. The van der Waals surface area contributed by atoms with Gasteiger partial charge in [-0.05, 0) is 6.44 Å². The monoisotopic (exact) mass is 191 g/mol. The second kappa shape index (κ2) is 4.76. The molecule has 0 aromatic carbocycles. The van der Waals surface area contributed by atoms with Gasteiger partial charge in [-0.15, -0.1) is 0 Å². The summed E-state index contributed by atoms with van der Waals surface area (Å²) < 4.78 is 39.5. The first kappa shape index (κ1) is 11.8. The van der Waals surface area contributed by atoms with Gasteiger partial charge in [-0.3, -0.25) is 0 Å². The average molecular weight is 191 g/mol. The van der Waals surface area contributed by atoms with E-state index in [-0.39, 0.29) is 58.1 Å². The largest absolute Gasteiger partial charge is 1.00 e. The van der Waals surface area contributed by atoms with Crippen LogP contribution in [0.25, 0.3) is 0 Å². The number of hydrogen-bond acceptors (Lipinski definition) is 2. The summed E-state index contributed by atoms with van der Waals surface area (Å²) in [4.78, 5) is 1.07. The standard InChI is InChI=1S/C4H6BF3NO.K/c6-5(7,8)3-9-1-2-10-4-9;/h1-2H,3-4H2;/q-1;+1. The third kappa shape index (κ3) is 5.13. The minimum absolute atomic E-state index is 0. The summed E-state index contributed by atoms with van der Waals surface area (Å²) in [6, 6.07) is 0. The third-order valence-electron chi connectivity index (χ3n) is 1.05. The molecule has 0 fully saturated rings. The second-order valence-corrected chi connectivity index (χ2v) is 2.06. The summed E-state index contributed by atoms with van der Waals surface area (Å²) in [5.74, 6) is 0. The topological polar surface area (TPSA) is 12.5 Å². The van der Waals surface area contributed by atoms with Crippen molar-refractivity contribution in [1.29, 1.82) is 0 Å². The molecule has 11 heavy (non-hydrogen) atoms. The molecule has 0 aromatic rings. The van der Waals surface area contributed by atoms with E-state index >= 15 is 0 Å². The Labute approximate surface area is 105 Å². The van der Waals surface area contributed by atoms with Crippen molar-refractivity contribution >= 4 is 6.98 Å². The Morgan fingerprint density at radius 1 is 1.45 bits per heavy atom. The maximum absolute atomic E-state index is 11.6. The van der Waals surface area contributed by atoms with Crippen molar-refractivity contribution < 1.29 is 69.1 Å². The molecule has 1 aliphatic rings. The van der Waals surface area contributed by atoms with Crippen LogP contribution in [0.15, 0.2) is 12.5 Å². The van der Waals surface area contributed by atoms with Gasteiger partial charge in [0.1, 0.15) is 6.26 Å². The minimum atomic E-state index is -4.72. The zero-order chi connectivity index (χ0) is 7.61. The van der Waals surface area contributed by atoms with Crippen LogP contribution in [0.3, 0.4) is 0 Å². The van der Waals surface area contributed by atoms with E-state index in [1.165, 1.54) is 12.5 Å². The Balaban J connectivity index is 0.000001000. The fraction of sp³-hybridized carbons (Fsp3) is 0.500. The molecule has 0 amide bonds. The van der Waals surface area contributed by atoms with E-state index in [1.807, 2.05) is 0 Å². The summed E-state index contributed by atoms with van der Waals surface area (Å²) in [6.45, 7) is -4.70. The van der Waals surface area contributed by atoms with Crippen molar-refractivity contribution in [3.05, 3.63) is 12.5 Å². The van der Waals surface area contributed by atoms with Crippen molar-refractivity contribution in [3.8, 4) is 0 Å². The van der Waals surface area contributed by atoms with E-state index < -0.39 is 13.4 Å². The molecule has 1 aliphatic heterocycles. The molecule has 2 nitrogen and oxygen atoms in total. The maximum Gasteiger partial charge on any atom is 1.00 e. The van der Waals surface area contributed by atoms with Crippen LogP contribution in [0.2, 0.25) is 0 Å². The van der Waals surface area contributed by atoms with Gasteiger partial charge in [0.2, 0.25) is 0 Å². The summed E-state index contributed by atoms with van der Waals surface area (Å²) in [7, 11) is 0. The van der Waals surface area contributed by atoms with Crippen molar-refractivity contribution in [2.45, 2.75) is 0 Å². The molecule has 58 valence electrons. The molecule has 1 heterocycles. The Morgan fingerprint density at radius 3 is 2.45 bits per heavy atom. The van der Waals surface area contributed by atoms with Gasteiger partial charge in [-0.25, -0.2) is 0 Å². The first-order chi connectivity index (χ1) is 4.58. The fourth-order valence-electron chi connectivity index (χ4n) is 0.690. The van der Waals surface area contributed by atoms with E-state index in [1.54, 1.807) is 0 Å².